The van der Waals surface area contributed by atoms with E-state index in [1.54, 1.807) is 10.9 Å². The van der Waals surface area contributed by atoms with Gasteiger partial charge in [0, 0.05) is 24.9 Å². The third kappa shape index (κ3) is 4.85. The van der Waals surface area contributed by atoms with Crippen LogP contribution in [0.15, 0.2) is 24.4 Å². The molecule has 2 atom stereocenters. The summed E-state index contributed by atoms with van der Waals surface area (Å²) in [6.45, 7) is 2.35. The number of anilines is 1. The fourth-order valence-corrected chi connectivity index (χ4v) is 4.46. The molecule has 0 radical (unpaired) electrons. The lowest BCUT2D eigenvalue weighted by molar-refractivity contribution is -0.143. The molecule has 0 aliphatic heterocycles. The third-order valence-electron chi connectivity index (χ3n) is 6.58. The molecule has 0 saturated heterocycles. The third-order valence-corrected chi connectivity index (χ3v) is 6.58. The van der Waals surface area contributed by atoms with Gasteiger partial charge in [-0.1, -0.05) is 5.21 Å². The van der Waals surface area contributed by atoms with Crippen molar-refractivity contribution in [2.24, 2.45) is 13.0 Å². The van der Waals surface area contributed by atoms with Crippen molar-refractivity contribution in [1.29, 1.82) is 0 Å². The highest BCUT2D eigenvalue weighted by Crippen LogP contribution is 2.39. The molecule has 0 bridgehead atoms. The van der Waals surface area contributed by atoms with E-state index in [4.69, 9.17) is 9.72 Å². The van der Waals surface area contributed by atoms with Crippen molar-refractivity contribution in [3.63, 3.8) is 0 Å². The lowest BCUT2D eigenvalue weighted by Gasteiger charge is -2.27. The number of carboxylic acids is 1. The molecule has 10 nitrogen and oxygen atoms in total. The maximum absolute atomic E-state index is 11.4. The van der Waals surface area contributed by atoms with Crippen LogP contribution in [0.1, 0.15) is 61.5 Å². The van der Waals surface area contributed by atoms with Crippen molar-refractivity contribution in [1.82, 2.24) is 29.9 Å². The Balaban J connectivity index is 1.29. The SMILES string of the molecule is Cc1nc(-c2nnn(C)c2CNc2nccc(C3CC3)n2)ccc1O[C@H]1CCC[C@H](C(=O)O)C1. The maximum Gasteiger partial charge on any atom is 0.306 e. The topological polar surface area (TPSA) is 128 Å². The molecule has 3 aromatic rings. The van der Waals surface area contributed by atoms with Crippen LogP contribution in [0.2, 0.25) is 0 Å². The Hall–Kier alpha value is -3.56. The number of hydrogen-bond donors (Lipinski definition) is 2. The zero-order valence-corrected chi connectivity index (χ0v) is 19.4. The van der Waals surface area contributed by atoms with Crippen molar-refractivity contribution in [3.05, 3.63) is 41.5 Å². The van der Waals surface area contributed by atoms with Crippen LogP contribution in [-0.2, 0) is 18.4 Å². The summed E-state index contributed by atoms with van der Waals surface area (Å²) in [6.07, 6.45) is 7.02. The Bertz CT molecular complexity index is 1190. The molecule has 0 unspecified atom stereocenters. The molecular formula is C24H29N7O3. The Kier molecular flexibility index (Phi) is 6.12. The number of nitrogens with zero attached hydrogens (tertiary/aromatic N) is 6. The molecule has 3 heterocycles. The van der Waals surface area contributed by atoms with Crippen LogP contribution in [0, 0.1) is 12.8 Å². The fourth-order valence-electron chi connectivity index (χ4n) is 4.46. The van der Waals surface area contributed by atoms with Crippen LogP contribution >= 0.6 is 0 Å². The van der Waals surface area contributed by atoms with Gasteiger partial charge in [-0.15, -0.1) is 5.10 Å². The minimum absolute atomic E-state index is 0.108. The molecule has 3 aromatic heterocycles. The largest absolute Gasteiger partial charge is 0.489 e. The molecule has 10 heteroatoms. The lowest BCUT2D eigenvalue weighted by Crippen LogP contribution is -2.29. The Morgan fingerprint density at radius 1 is 1.21 bits per heavy atom. The summed E-state index contributed by atoms with van der Waals surface area (Å²) in [5.41, 5.74) is 4.08. The summed E-state index contributed by atoms with van der Waals surface area (Å²) in [7, 11) is 1.85. The number of ether oxygens (including phenoxy) is 1. The standard InChI is InChI=1S/C24H29N7O3/c1-14-21(34-17-5-3-4-16(12-17)23(32)33)9-8-19(27-14)22-20(31(2)30-29-22)13-26-24-25-11-10-18(28-24)15-6-7-15/h8-11,15-17H,3-7,12-13H2,1-2H3,(H,32,33)(H,25,26,28)/t16-,17-/m0/s1. The molecule has 2 aliphatic carbocycles. The summed E-state index contributed by atoms with van der Waals surface area (Å²) >= 11 is 0. The second-order valence-electron chi connectivity index (χ2n) is 9.16. The van der Waals surface area contributed by atoms with Gasteiger partial charge in [-0.25, -0.2) is 19.6 Å². The van der Waals surface area contributed by atoms with E-state index in [0.29, 0.717) is 48.4 Å². The van der Waals surface area contributed by atoms with Crippen molar-refractivity contribution in [3.8, 4) is 17.1 Å². The first-order valence-corrected chi connectivity index (χ1v) is 11.8. The van der Waals surface area contributed by atoms with Crippen LogP contribution in [0.25, 0.3) is 11.4 Å². The fraction of sp³-hybridized carbons (Fsp3) is 0.500. The summed E-state index contributed by atoms with van der Waals surface area (Å²) in [4.78, 5) is 25.0. The predicted octanol–water partition coefficient (Wildman–Crippen LogP) is 3.49. The minimum atomic E-state index is -0.744. The predicted molar refractivity (Wildman–Crippen MR) is 124 cm³/mol. The molecule has 2 N–H and O–H groups in total. The van der Waals surface area contributed by atoms with Gasteiger partial charge in [0.25, 0.3) is 0 Å². The van der Waals surface area contributed by atoms with Crippen molar-refractivity contribution in [2.75, 3.05) is 5.32 Å². The molecule has 0 spiro atoms. The van der Waals surface area contributed by atoms with Gasteiger partial charge in [-0.2, -0.15) is 0 Å². The van der Waals surface area contributed by atoms with Crippen LogP contribution < -0.4 is 10.1 Å². The average Bonchev–Trinajstić information content (AvgIpc) is 3.62. The highest BCUT2D eigenvalue weighted by molar-refractivity contribution is 5.70. The Morgan fingerprint density at radius 2 is 2.06 bits per heavy atom. The van der Waals surface area contributed by atoms with Gasteiger partial charge >= 0.3 is 5.97 Å². The Labute approximate surface area is 197 Å². The van der Waals surface area contributed by atoms with Crippen LogP contribution in [-0.4, -0.2) is 47.1 Å². The minimum Gasteiger partial charge on any atom is -0.489 e. The van der Waals surface area contributed by atoms with E-state index >= 15 is 0 Å². The molecule has 178 valence electrons. The van der Waals surface area contributed by atoms with Crippen LogP contribution in [0.3, 0.4) is 0 Å². The van der Waals surface area contributed by atoms with E-state index in [9.17, 15) is 9.90 Å². The quantitative estimate of drug-likeness (QED) is 0.516. The number of aromatic nitrogens is 6. The summed E-state index contributed by atoms with van der Waals surface area (Å²) < 4.78 is 7.86. The second-order valence-corrected chi connectivity index (χ2v) is 9.16. The van der Waals surface area contributed by atoms with E-state index in [-0.39, 0.29) is 12.0 Å². The van der Waals surface area contributed by atoms with Gasteiger partial charge in [0.15, 0.2) is 0 Å². The number of rotatable bonds is 8. The number of carbonyl (C=O) groups is 1. The Morgan fingerprint density at radius 3 is 2.82 bits per heavy atom. The first-order chi connectivity index (χ1) is 16.5. The molecule has 2 aliphatic rings. The molecule has 0 aromatic carbocycles. The second kappa shape index (κ2) is 9.36. The zero-order chi connectivity index (χ0) is 23.7. The first kappa shape index (κ1) is 22.2. The van der Waals surface area contributed by atoms with Crippen LogP contribution in [0.5, 0.6) is 5.75 Å². The molecule has 2 saturated carbocycles. The molecular weight excluding hydrogens is 434 g/mol. The zero-order valence-electron chi connectivity index (χ0n) is 19.4. The summed E-state index contributed by atoms with van der Waals surface area (Å²) in [5, 5.41) is 21.1. The normalized spacial score (nSPS) is 20.2. The van der Waals surface area contributed by atoms with E-state index in [0.717, 1.165) is 29.9 Å². The van der Waals surface area contributed by atoms with Gasteiger partial charge in [0.2, 0.25) is 5.95 Å². The maximum atomic E-state index is 11.4. The van der Waals surface area contributed by atoms with Crippen molar-refractivity contribution < 1.29 is 14.6 Å². The van der Waals surface area contributed by atoms with Gasteiger partial charge in [0.1, 0.15) is 11.4 Å². The number of nitrogens with one attached hydrogen (secondary N) is 1. The van der Waals surface area contributed by atoms with Crippen molar-refractivity contribution >= 4 is 11.9 Å². The van der Waals surface area contributed by atoms with Gasteiger partial charge in [0.05, 0.1) is 35.6 Å². The number of aliphatic carboxylic acids is 1. The van der Waals surface area contributed by atoms with Gasteiger partial charge in [-0.3, -0.25) is 4.79 Å². The summed E-state index contributed by atoms with van der Waals surface area (Å²) in [6, 6.07) is 5.74. The van der Waals surface area contributed by atoms with Crippen LogP contribution in [0.4, 0.5) is 5.95 Å². The monoisotopic (exact) mass is 463 g/mol. The lowest BCUT2D eigenvalue weighted by atomic mass is 9.87. The van der Waals surface area contributed by atoms with Gasteiger partial charge in [-0.05, 0) is 63.6 Å². The van der Waals surface area contributed by atoms with E-state index in [1.807, 2.05) is 32.2 Å². The average molecular weight is 464 g/mol. The van der Waals surface area contributed by atoms with E-state index in [2.05, 4.69) is 25.6 Å². The smallest absolute Gasteiger partial charge is 0.306 e. The first-order valence-electron chi connectivity index (χ1n) is 11.8. The molecule has 2 fully saturated rings. The van der Waals surface area contributed by atoms with Crippen molar-refractivity contribution in [2.45, 2.75) is 64.0 Å². The van der Waals surface area contributed by atoms with Gasteiger partial charge < -0.3 is 15.2 Å². The van der Waals surface area contributed by atoms with E-state index < -0.39 is 5.97 Å². The molecule has 5 rings (SSSR count). The molecule has 34 heavy (non-hydrogen) atoms. The van der Waals surface area contributed by atoms with E-state index in [1.165, 1.54) is 12.8 Å². The highest BCUT2D eigenvalue weighted by atomic mass is 16.5. The number of pyridine rings is 1. The summed E-state index contributed by atoms with van der Waals surface area (Å²) in [5.74, 6) is 0.751. The highest BCUT2D eigenvalue weighted by Gasteiger charge is 2.29. The number of aryl methyl sites for hydroxylation is 2. The number of hydrogen-bond acceptors (Lipinski definition) is 8. The molecule has 0 amide bonds. The number of carboxylic acid groups (broad SMARTS) is 1.